The standard InChI is InChI=1S/C17H19N5O3S2/c1-10-14(27-11(2)19-10)16(23)18-7-4-3-5-12-9-22(21-20-12)13-6-8-26-15(13)17(24)25/h6,8-9H,3-5,7H2,1-2H3,(H,18,23)(H,24,25). The van der Waals surface area contributed by atoms with Crippen LogP contribution < -0.4 is 5.32 Å². The Balaban J connectivity index is 1.46. The quantitative estimate of drug-likeness (QED) is 0.558. The Morgan fingerprint density at radius 1 is 1.26 bits per heavy atom. The van der Waals surface area contributed by atoms with Crippen LogP contribution in [0.4, 0.5) is 0 Å². The molecule has 0 saturated carbocycles. The molecule has 0 saturated heterocycles. The maximum atomic E-state index is 12.1. The van der Waals surface area contributed by atoms with E-state index in [1.165, 1.54) is 16.0 Å². The van der Waals surface area contributed by atoms with Crippen molar-refractivity contribution in [2.45, 2.75) is 33.1 Å². The van der Waals surface area contributed by atoms with E-state index in [0.29, 0.717) is 23.5 Å². The third-order valence-electron chi connectivity index (χ3n) is 3.88. The molecule has 2 N–H and O–H groups in total. The number of carbonyl (C=O) groups is 2. The summed E-state index contributed by atoms with van der Waals surface area (Å²) >= 11 is 2.56. The highest BCUT2D eigenvalue weighted by Gasteiger charge is 2.15. The Bertz CT molecular complexity index is 960. The first-order valence-corrected chi connectivity index (χ1v) is 10.1. The molecule has 3 rings (SSSR count). The number of rotatable bonds is 8. The van der Waals surface area contributed by atoms with E-state index in [0.717, 1.165) is 40.6 Å². The highest BCUT2D eigenvalue weighted by Crippen LogP contribution is 2.20. The van der Waals surface area contributed by atoms with Crippen molar-refractivity contribution < 1.29 is 14.7 Å². The zero-order valence-corrected chi connectivity index (χ0v) is 16.6. The predicted molar refractivity (Wildman–Crippen MR) is 103 cm³/mol. The number of nitrogens with zero attached hydrogens (tertiary/aromatic N) is 4. The third kappa shape index (κ3) is 4.58. The van der Waals surface area contributed by atoms with Gasteiger partial charge in [-0.15, -0.1) is 27.8 Å². The first kappa shape index (κ1) is 19.2. The second kappa shape index (κ2) is 8.40. The summed E-state index contributed by atoms with van der Waals surface area (Å²) in [5.74, 6) is -1.05. The first-order chi connectivity index (χ1) is 13.0. The molecule has 0 aliphatic rings. The van der Waals surface area contributed by atoms with Crippen molar-refractivity contribution in [2.75, 3.05) is 6.54 Å². The van der Waals surface area contributed by atoms with Crippen LogP contribution in [0.1, 0.15) is 48.6 Å². The van der Waals surface area contributed by atoms with Crippen LogP contribution in [0, 0.1) is 13.8 Å². The van der Waals surface area contributed by atoms with E-state index in [1.54, 1.807) is 17.6 Å². The highest BCUT2D eigenvalue weighted by atomic mass is 32.1. The molecule has 0 bridgehead atoms. The maximum Gasteiger partial charge on any atom is 0.348 e. The molecule has 3 aromatic rings. The van der Waals surface area contributed by atoms with Crippen molar-refractivity contribution in [3.8, 4) is 5.69 Å². The summed E-state index contributed by atoms with van der Waals surface area (Å²) in [6.07, 6.45) is 4.11. The van der Waals surface area contributed by atoms with Gasteiger partial charge < -0.3 is 10.4 Å². The van der Waals surface area contributed by atoms with Crippen molar-refractivity contribution in [3.63, 3.8) is 0 Å². The van der Waals surface area contributed by atoms with Gasteiger partial charge in [-0.2, -0.15) is 0 Å². The van der Waals surface area contributed by atoms with E-state index < -0.39 is 5.97 Å². The predicted octanol–water partition coefficient (Wildman–Crippen LogP) is 2.85. The molecule has 0 atom stereocenters. The van der Waals surface area contributed by atoms with E-state index in [1.807, 2.05) is 13.8 Å². The number of carboxylic acids is 1. The average Bonchev–Trinajstić information content (AvgIpc) is 3.33. The van der Waals surface area contributed by atoms with Crippen LogP contribution in [-0.4, -0.2) is 43.5 Å². The number of amides is 1. The van der Waals surface area contributed by atoms with E-state index in [2.05, 4.69) is 20.6 Å². The lowest BCUT2D eigenvalue weighted by Crippen LogP contribution is -2.24. The summed E-state index contributed by atoms with van der Waals surface area (Å²) in [6.45, 7) is 4.30. The summed E-state index contributed by atoms with van der Waals surface area (Å²) in [4.78, 5) is 28.5. The van der Waals surface area contributed by atoms with Gasteiger partial charge in [-0.05, 0) is 44.6 Å². The van der Waals surface area contributed by atoms with Gasteiger partial charge in [0.05, 0.1) is 28.3 Å². The maximum absolute atomic E-state index is 12.1. The Hall–Kier alpha value is -2.59. The molecular weight excluding hydrogens is 386 g/mol. The smallest absolute Gasteiger partial charge is 0.348 e. The lowest BCUT2D eigenvalue weighted by molar-refractivity contribution is 0.0701. The van der Waals surface area contributed by atoms with Crippen LogP contribution in [0.2, 0.25) is 0 Å². The minimum absolute atomic E-state index is 0.0808. The summed E-state index contributed by atoms with van der Waals surface area (Å²) in [6, 6.07) is 1.71. The number of nitrogens with one attached hydrogen (secondary N) is 1. The van der Waals surface area contributed by atoms with Gasteiger partial charge >= 0.3 is 5.97 Å². The number of carboxylic acid groups (broad SMARTS) is 1. The van der Waals surface area contributed by atoms with Gasteiger partial charge in [0, 0.05) is 6.54 Å². The van der Waals surface area contributed by atoms with Crippen molar-refractivity contribution in [3.05, 3.63) is 43.8 Å². The fourth-order valence-electron chi connectivity index (χ4n) is 2.63. The van der Waals surface area contributed by atoms with Crippen LogP contribution in [-0.2, 0) is 6.42 Å². The van der Waals surface area contributed by atoms with Gasteiger partial charge in [0.1, 0.15) is 9.75 Å². The van der Waals surface area contributed by atoms with Gasteiger partial charge in [0.25, 0.3) is 5.91 Å². The molecule has 0 aliphatic carbocycles. The van der Waals surface area contributed by atoms with Gasteiger partial charge in [0.15, 0.2) is 0 Å². The van der Waals surface area contributed by atoms with Crippen LogP contribution in [0.15, 0.2) is 17.6 Å². The summed E-state index contributed by atoms with van der Waals surface area (Å²) < 4.78 is 1.49. The van der Waals surface area contributed by atoms with Crippen LogP contribution in [0.3, 0.4) is 0 Å². The first-order valence-electron chi connectivity index (χ1n) is 8.40. The van der Waals surface area contributed by atoms with Crippen molar-refractivity contribution in [2.24, 2.45) is 0 Å². The Labute approximate surface area is 163 Å². The van der Waals surface area contributed by atoms with E-state index >= 15 is 0 Å². The Morgan fingerprint density at radius 2 is 2.07 bits per heavy atom. The van der Waals surface area contributed by atoms with Crippen LogP contribution in [0.25, 0.3) is 5.69 Å². The van der Waals surface area contributed by atoms with Gasteiger partial charge in [-0.3, -0.25) is 4.79 Å². The summed E-state index contributed by atoms with van der Waals surface area (Å²) in [5.41, 5.74) is 2.08. The number of hydrogen-bond donors (Lipinski definition) is 2. The molecule has 3 heterocycles. The Morgan fingerprint density at radius 3 is 2.78 bits per heavy atom. The number of unbranched alkanes of at least 4 members (excludes halogenated alkanes) is 1. The molecule has 1 amide bonds. The minimum Gasteiger partial charge on any atom is -0.477 e. The molecule has 8 nitrogen and oxygen atoms in total. The van der Waals surface area contributed by atoms with Crippen LogP contribution >= 0.6 is 22.7 Å². The highest BCUT2D eigenvalue weighted by molar-refractivity contribution is 7.13. The lowest BCUT2D eigenvalue weighted by atomic mass is 10.2. The number of aromatic nitrogens is 4. The molecule has 0 aliphatic heterocycles. The average molecular weight is 406 g/mol. The fraction of sp³-hybridized carbons (Fsp3) is 0.353. The molecule has 0 fully saturated rings. The third-order valence-corrected chi connectivity index (χ3v) is 5.84. The molecule has 142 valence electrons. The molecule has 0 spiro atoms. The van der Waals surface area contributed by atoms with Crippen LogP contribution in [0.5, 0.6) is 0 Å². The monoisotopic (exact) mass is 405 g/mol. The number of aromatic carboxylic acids is 1. The van der Waals surface area contributed by atoms with Crippen molar-refractivity contribution >= 4 is 34.6 Å². The second-order valence-corrected chi connectivity index (χ2v) is 8.07. The van der Waals surface area contributed by atoms with E-state index in [4.69, 9.17) is 0 Å². The number of thiophene rings is 1. The fourth-order valence-corrected chi connectivity index (χ4v) is 4.18. The zero-order chi connectivity index (χ0) is 19.4. The summed E-state index contributed by atoms with van der Waals surface area (Å²) in [5, 5.41) is 22.8. The molecule has 0 unspecified atom stereocenters. The SMILES string of the molecule is Cc1nc(C)c(C(=O)NCCCCc2cn(-c3ccsc3C(=O)O)nn2)s1. The van der Waals surface area contributed by atoms with Gasteiger partial charge in [-0.25, -0.2) is 14.5 Å². The zero-order valence-electron chi connectivity index (χ0n) is 14.9. The summed E-state index contributed by atoms with van der Waals surface area (Å²) in [7, 11) is 0. The second-order valence-electron chi connectivity index (χ2n) is 5.95. The largest absolute Gasteiger partial charge is 0.477 e. The Kier molecular flexibility index (Phi) is 5.97. The van der Waals surface area contributed by atoms with Gasteiger partial charge in [0.2, 0.25) is 0 Å². The van der Waals surface area contributed by atoms with E-state index in [-0.39, 0.29) is 10.8 Å². The van der Waals surface area contributed by atoms with Crippen molar-refractivity contribution in [1.82, 2.24) is 25.3 Å². The van der Waals surface area contributed by atoms with Gasteiger partial charge in [-0.1, -0.05) is 5.21 Å². The van der Waals surface area contributed by atoms with Crippen molar-refractivity contribution in [1.29, 1.82) is 0 Å². The number of hydrogen-bond acceptors (Lipinski definition) is 7. The number of thiazole rings is 1. The lowest BCUT2D eigenvalue weighted by Gasteiger charge is -2.03. The topological polar surface area (TPSA) is 110 Å². The normalized spacial score (nSPS) is 10.9. The molecule has 0 aromatic carbocycles. The van der Waals surface area contributed by atoms with E-state index in [9.17, 15) is 14.7 Å². The number of carbonyl (C=O) groups excluding carboxylic acids is 1. The molecule has 3 aromatic heterocycles. The minimum atomic E-state index is -0.973. The molecule has 0 radical (unpaired) electrons. The molecule has 10 heteroatoms. The molecular formula is C17H19N5O3S2. The molecule has 27 heavy (non-hydrogen) atoms. The number of aryl methyl sites for hydroxylation is 3.